The average molecular weight is 303 g/mol. The van der Waals surface area contributed by atoms with Gasteiger partial charge in [0.1, 0.15) is 18.5 Å². The Kier molecular flexibility index (Phi) is 4.32. The molecule has 0 unspecified atom stereocenters. The Balaban J connectivity index is 1.59. The van der Waals surface area contributed by atoms with Crippen molar-refractivity contribution in [2.24, 2.45) is 5.92 Å². The number of aromatic nitrogens is 3. The maximum atomic E-state index is 13.6. The first-order chi connectivity index (χ1) is 10.7. The number of amides is 2. The Morgan fingerprint density at radius 2 is 2.27 bits per heavy atom. The molecule has 2 amide bonds. The van der Waals surface area contributed by atoms with E-state index in [0.29, 0.717) is 19.0 Å². The number of hydrogen-bond donors (Lipinski definition) is 1. The molecule has 2 heterocycles. The molecule has 1 fully saturated rings. The molecule has 2 aromatic rings. The Labute approximate surface area is 128 Å². The molecule has 1 saturated heterocycles. The van der Waals surface area contributed by atoms with Crippen molar-refractivity contribution in [3.63, 3.8) is 0 Å². The van der Waals surface area contributed by atoms with Crippen LogP contribution in [0, 0.1) is 11.7 Å². The fourth-order valence-corrected chi connectivity index (χ4v) is 2.75. The van der Waals surface area contributed by atoms with Gasteiger partial charge in [-0.3, -0.25) is 4.68 Å². The highest BCUT2D eigenvalue weighted by molar-refractivity contribution is 5.89. The molecule has 1 aromatic carbocycles. The van der Waals surface area contributed by atoms with Gasteiger partial charge in [0.25, 0.3) is 0 Å². The first kappa shape index (κ1) is 14.5. The van der Waals surface area contributed by atoms with Crippen molar-refractivity contribution in [3.05, 3.63) is 42.7 Å². The Bertz CT molecular complexity index is 631. The fourth-order valence-electron chi connectivity index (χ4n) is 2.75. The molecule has 0 spiro atoms. The van der Waals surface area contributed by atoms with E-state index >= 15 is 0 Å². The van der Waals surface area contributed by atoms with Crippen LogP contribution in [-0.4, -0.2) is 38.8 Å². The number of para-hydroxylation sites is 1. The lowest BCUT2D eigenvalue weighted by Gasteiger charge is -2.32. The van der Waals surface area contributed by atoms with Crippen molar-refractivity contribution < 1.29 is 9.18 Å². The van der Waals surface area contributed by atoms with E-state index < -0.39 is 5.82 Å². The maximum Gasteiger partial charge on any atom is 0.321 e. The summed E-state index contributed by atoms with van der Waals surface area (Å²) in [7, 11) is 0. The summed E-state index contributed by atoms with van der Waals surface area (Å²) in [5.41, 5.74) is 0.214. The molecule has 22 heavy (non-hydrogen) atoms. The minimum atomic E-state index is -0.424. The van der Waals surface area contributed by atoms with E-state index in [1.807, 2.05) is 0 Å². The van der Waals surface area contributed by atoms with Crippen LogP contribution in [-0.2, 0) is 6.54 Å². The third-order valence-electron chi connectivity index (χ3n) is 3.83. The molecular weight excluding hydrogens is 285 g/mol. The molecule has 1 atom stereocenters. The first-order valence-corrected chi connectivity index (χ1v) is 7.35. The molecule has 0 saturated carbocycles. The highest BCUT2D eigenvalue weighted by Gasteiger charge is 2.24. The lowest BCUT2D eigenvalue weighted by molar-refractivity contribution is 0.168. The second-order valence-corrected chi connectivity index (χ2v) is 5.48. The number of benzene rings is 1. The van der Waals surface area contributed by atoms with Crippen LogP contribution in [0.2, 0.25) is 0 Å². The van der Waals surface area contributed by atoms with Crippen molar-refractivity contribution in [3.8, 4) is 0 Å². The van der Waals surface area contributed by atoms with Crippen LogP contribution >= 0.6 is 0 Å². The summed E-state index contributed by atoms with van der Waals surface area (Å²) >= 11 is 0. The van der Waals surface area contributed by atoms with Gasteiger partial charge in [0.15, 0.2) is 0 Å². The second-order valence-electron chi connectivity index (χ2n) is 5.48. The summed E-state index contributed by atoms with van der Waals surface area (Å²) < 4.78 is 15.4. The van der Waals surface area contributed by atoms with Gasteiger partial charge in [0, 0.05) is 19.6 Å². The van der Waals surface area contributed by atoms with E-state index in [0.717, 1.165) is 19.4 Å². The number of anilines is 1. The van der Waals surface area contributed by atoms with Gasteiger partial charge in [-0.05, 0) is 30.9 Å². The summed E-state index contributed by atoms with van der Waals surface area (Å²) in [6.07, 6.45) is 5.16. The number of carbonyl (C=O) groups is 1. The van der Waals surface area contributed by atoms with Crippen LogP contribution < -0.4 is 5.32 Å². The van der Waals surface area contributed by atoms with Gasteiger partial charge in [0.05, 0.1) is 5.69 Å². The predicted molar refractivity (Wildman–Crippen MR) is 79.7 cm³/mol. The van der Waals surface area contributed by atoms with E-state index in [2.05, 4.69) is 15.4 Å². The van der Waals surface area contributed by atoms with Gasteiger partial charge in [-0.15, -0.1) is 0 Å². The van der Waals surface area contributed by atoms with Crippen molar-refractivity contribution >= 4 is 11.7 Å². The Morgan fingerprint density at radius 1 is 1.41 bits per heavy atom. The van der Waals surface area contributed by atoms with Crippen molar-refractivity contribution in [2.75, 3.05) is 18.4 Å². The molecular formula is C15H18FN5O. The van der Waals surface area contributed by atoms with Crippen molar-refractivity contribution in [2.45, 2.75) is 19.4 Å². The summed E-state index contributed by atoms with van der Waals surface area (Å²) in [5.74, 6) is -0.0890. The van der Waals surface area contributed by atoms with Crippen LogP contribution in [0.25, 0.3) is 0 Å². The minimum absolute atomic E-state index is 0.214. The third-order valence-corrected chi connectivity index (χ3v) is 3.83. The monoisotopic (exact) mass is 303 g/mol. The molecule has 1 N–H and O–H groups in total. The van der Waals surface area contributed by atoms with E-state index in [9.17, 15) is 9.18 Å². The zero-order chi connectivity index (χ0) is 15.4. The number of nitrogens with one attached hydrogen (secondary N) is 1. The Hall–Kier alpha value is -2.44. The van der Waals surface area contributed by atoms with Gasteiger partial charge >= 0.3 is 6.03 Å². The van der Waals surface area contributed by atoms with E-state index in [1.165, 1.54) is 12.4 Å². The quantitative estimate of drug-likeness (QED) is 0.947. The van der Waals surface area contributed by atoms with E-state index in [1.54, 1.807) is 34.1 Å². The predicted octanol–water partition coefficient (Wildman–Crippen LogP) is 2.36. The third kappa shape index (κ3) is 3.41. The lowest BCUT2D eigenvalue weighted by atomic mass is 9.98. The molecule has 6 nitrogen and oxygen atoms in total. The topological polar surface area (TPSA) is 63.1 Å². The normalized spacial score (nSPS) is 18.2. The molecule has 3 rings (SSSR count). The Morgan fingerprint density at radius 3 is 3.05 bits per heavy atom. The number of halogens is 1. The number of likely N-dealkylation sites (tertiary alicyclic amines) is 1. The number of hydrogen-bond acceptors (Lipinski definition) is 3. The van der Waals surface area contributed by atoms with Gasteiger partial charge < -0.3 is 10.2 Å². The molecule has 0 radical (unpaired) electrons. The standard InChI is InChI=1S/C15H18FN5O/c16-13-5-1-2-6-14(13)19-15(22)20-7-3-4-12(8-20)9-21-11-17-10-18-21/h1-2,5-6,10-12H,3-4,7-9H2,(H,19,22)/t12-/m1/s1. The number of carbonyl (C=O) groups excluding carboxylic acids is 1. The number of piperidine rings is 1. The first-order valence-electron chi connectivity index (χ1n) is 7.35. The zero-order valence-corrected chi connectivity index (χ0v) is 12.2. The van der Waals surface area contributed by atoms with Gasteiger partial charge in [0.2, 0.25) is 0 Å². The van der Waals surface area contributed by atoms with E-state index in [4.69, 9.17) is 0 Å². The van der Waals surface area contributed by atoms with Crippen LogP contribution in [0.3, 0.4) is 0 Å². The SMILES string of the molecule is O=C(Nc1ccccc1F)N1CCC[C@@H](Cn2cncn2)C1. The number of nitrogens with zero attached hydrogens (tertiary/aromatic N) is 4. The summed E-state index contributed by atoms with van der Waals surface area (Å²) in [6.45, 7) is 2.07. The summed E-state index contributed by atoms with van der Waals surface area (Å²) in [4.78, 5) is 17.9. The number of rotatable bonds is 3. The molecule has 116 valence electrons. The van der Waals surface area contributed by atoms with E-state index in [-0.39, 0.29) is 11.7 Å². The second kappa shape index (κ2) is 6.55. The summed E-state index contributed by atoms with van der Waals surface area (Å²) in [5, 5.41) is 6.73. The smallest absolute Gasteiger partial charge is 0.321 e. The van der Waals surface area contributed by atoms with Gasteiger partial charge in [-0.2, -0.15) is 5.10 Å². The van der Waals surface area contributed by atoms with Crippen molar-refractivity contribution in [1.29, 1.82) is 0 Å². The van der Waals surface area contributed by atoms with Gasteiger partial charge in [-0.25, -0.2) is 14.2 Å². The zero-order valence-electron chi connectivity index (χ0n) is 12.2. The average Bonchev–Trinajstić information content (AvgIpc) is 3.03. The van der Waals surface area contributed by atoms with Crippen LogP contribution in [0.15, 0.2) is 36.9 Å². The summed E-state index contributed by atoms with van der Waals surface area (Å²) in [6, 6.07) is 5.93. The maximum absolute atomic E-state index is 13.6. The van der Waals surface area contributed by atoms with Crippen molar-refractivity contribution in [1.82, 2.24) is 19.7 Å². The molecule has 1 aromatic heterocycles. The molecule has 1 aliphatic heterocycles. The highest BCUT2D eigenvalue weighted by Crippen LogP contribution is 2.20. The van der Waals surface area contributed by atoms with Crippen LogP contribution in [0.5, 0.6) is 0 Å². The molecule has 1 aliphatic rings. The number of urea groups is 1. The largest absolute Gasteiger partial charge is 0.324 e. The molecule has 7 heteroatoms. The minimum Gasteiger partial charge on any atom is -0.324 e. The highest BCUT2D eigenvalue weighted by atomic mass is 19.1. The van der Waals surface area contributed by atoms with Gasteiger partial charge in [-0.1, -0.05) is 12.1 Å². The fraction of sp³-hybridized carbons (Fsp3) is 0.400. The molecule has 0 aliphatic carbocycles. The van der Waals surface area contributed by atoms with Crippen LogP contribution in [0.4, 0.5) is 14.9 Å². The van der Waals surface area contributed by atoms with Crippen LogP contribution in [0.1, 0.15) is 12.8 Å². The molecule has 0 bridgehead atoms. The lowest BCUT2D eigenvalue weighted by Crippen LogP contribution is -2.43.